The van der Waals surface area contributed by atoms with E-state index in [9.17, 15) is 14.0 Å². The Morgan fingerprint density at radius 2 is 1.62 bits per heavy atom. The Balaban J connectivity index is 1.21. The second-order valence-electron chi connectivity index (χ2n) is 12.9. The Kier molecular flexibility index (Phi) is 7.88. The fourth-order valence-corrected chi connectivity index (χ4v) is 6.82. The molecule has 0 spiro atoms. The molecule has 3 aliphatic heterocycles. The van der Waals surface area contributed by atoms with Gasteiger partial charge in [-0.25, -0.2) is 19.2 Å². The van der Waals surface area contributed by atoms with Crippen molar-refractivity contribution in [2.75, 3.05) is 45.8 Å². The predicted molar refractivity (Wildman–Crippen MR) is 151 cm³/mol. The molecule has 2 atom stereocenters. The number of ether oxygens (including phenoxy) is 1. The van der Waals surface area contributed by atoms with Gasteiger partial charge in [0.1, 0.15) is 17.7 Å². The molecule has 9 heteroatoms. The molecule has 3 aliphatic rings. The Hall–Kier alpha value is -3.07. The average Bonchev–Trinajstić information content (AvgIpc) is 3.46. The average molecular weight is 552 g/mol. The molecule has 1 aromatic heterocycles. The SMILES string of the molecule is Cc1ncnc(C)c1C(=O)N1CC2CN(CCC3(c4cccc(F)c4)CCN(C(=O)OC(C)(C)C)CC3)CC2C1. The van der Waals surface area contributed by atoms with E-state index < -0.39 is 5.60 Å². The van der Waals surface area contributed by atoms with Crippen LogP contribution in [0, 0.1) is 31.5 Å². The van der Waals surface area contributed by atoms with Crippen LogP contribution in [0.3, 0.4) is 0 Å². The number of likely N-dealkylation sites (tertiary alicyclic amines) is 3. The molecule has 3 fully saturated rings. The lowest BCUT2D eigenvalue weighted by atomic mass is 9.70. The van der Waals surface area contributed by atoms with Crippen molar-refractivity contribution in [2.45, 2.75) is 64.9 Å². The fraction of sp³-hybridized carbons (Fsp3) is 0.613. The third-order valence-electron chi connectivity index (χ3n) is 9.01. The molecular formula is C31H42FN5O3. The summed E-state index contributed by atoms with van der Waals surface area (Å²) in [6, 6.07) is 6.99. The van der Waals surface area contributed by atoms with Crippen molar-refractivity contribution < 1.29 is 18.7 Å². The van der Waals surface area contributed by atoms with Gasteiger partial charge in [0, 0.05) is 39.3 Å². The highest BCUT2D eigenvalue weighted by atomic mass is 19.1. The molecule has 216 valence electrons. The van der Waals surface area contributed by atoms with Gasteiger partial charge in [-0.3, -0.25) is 4.79 Å². The summed E-state index contributed by atoms with van der Waals surface area (Å²) in [5.41, 5.74) is 2.39. The zero-order chi connectivity index (χ0) is 28.7. The topological polar surface area (TPSA) is 78.9 Å². The zero-order valence-corrected chi connectivity index (χ0v) is 24.5. The maximum absolute atomic E-state index is 14.3. The van der Waals surface area contributed by atoms with Crippen molar-refractivity contribution in [2.24, 2.45) is 11.8 Å². The van der Waals surface area contributed by atoms with Crippen LogP contribution in [0.2, 0.25) is 0 Å². The molecule has 2 aromatic rings. The quantitative estimate of drug-likeness (QED) is 0.541. The summed E-state index contributed by atoms with van der Waals surface area (Å²) in [4.78, 5) is 40.7. The van der Waals surface area contributed by atoms with Gasteiger partial charge in [-0.15, -0.1) is 0 Å². The normalized spacial score (nSPS) is 22.9. The van der Waals surface area contributed by atoms with Crippen LogP contribution in [0.1, 0.15) is 67.3 Å². The standard InChI is InChI=1S/C31H42FN5O3/c1-21-27(22(2)34-20-33-21)28(38)37-18-23-16-35(17-24(23)19-37)12-9-31(25-7-6-8-26(32)15-25)10-13-36(14-11-31)29(39)40-30(3,4)5/h6-8,15,20,23-24H,9-14,16-19H2,1-5H3. The van der Waals surface area contributed by atoms with E-state index in [1.165, 1.54) is 12.4 Å². The monoisotopic (exact) mass is 551 g/mol. The molecule has 0 N–H and O–H groups in total. The number of carbonyl (C=O) groups is 2. The number of hydrogen-bond acceptors (Lipinski definition) is 6. The lowest BCUT2D eigenvalue weighted by molar-refractivity contribution is 0.0153. The van der Waals surface area contributed by atoms with Gasteiger partial charge in [0.25, 0.3) is 5.91 Å². The third-order valence-corrected chi connectivity index (χ3v) is 9.01. The van der Waals surface area contributed by atoms with Gasteiger partial charge in [-0.2, -0.15) is 0 Å². The number of aromatic nitrogens is 2. The summed E-state index contributed by atoms with van der Waals surface area (Å²) in [6.45, 7) is 14.9. The van der Waals surface area contributed by atoms with Crippen LogP contribution >= 0.6 is 0 Å². The van der Waals surface area contributed by atoms with Crippen LogP contribution in [-0.2, 0) is 10.2 Å². The third kappa shape index (κ3) is 5.99. The molecule has 0 saturated carbocycles. The highest BCUT2D eigenvalue weighted by molar-refractivity contribution is 5.96. The molecule has 0 aliphatic carbocycles. The van der Waals surface area contributed by atoms with Gasteiger partial charge in [0.05, 0.1) is 17.0 Å². The number of piperidine rings is 1. The first-order valence-electron chi connectivity index (χ1n) is 14.5. The molecule has 0 bridgehead atoms. The van der Waals surface area contributed by atoms with E-state index in [2.05, 4.69) is 14.9 Å². The van der Waals surface area contributed by atoms with Crippen molar-refractivity contribution in [3.05, 3.63) is 58.9 Å². The van der Waals surface area contributed by atoms with Gasteiger partial charge >= 0.3 is 6.09 Å². The van der Waals surface area contributed by atoms with Gasteiger partial charge in [0.2, 0.25) is 0 Å². The van der Waals surface area contributed by atoms with E-state index in [-0.39, 0.29) is 23.2 Å². The number of benzene rings is 1. The van der Waals surface area contributed by atoms with E-state index in [1.807, 2.05) is 45.6 Å². The van der Waals surface area contributed by atoms with Crippen molar-refractivity contribution in [1.82, 2.24) is 24.7 Å². The molecular weight excluding hydrogens is 509 g/mol. The summed E-state index contributed by atoms with van der Waals surface area (Å²) >= 11 is 0. The van der Waals surface area contributed by atoms with Crippen LogP contribution in [0.4, 0.5) is 9.18 Å². The number of nitrogens with zero attached hydrogens (tertiary/aromatic N) is 5. The van der Waals surface area contributed by atoms with Gasteiger partial charge in [-0.05, 0) is 95.4 Å². The van der Waals surface area contributed by atoms with E-state index in [0.717, 1.165) is 68.9 Å². The molecule has 4 heterocycles. The highest BCUT2D eigenvalue weighted by Gasteiger charge is 2.44. The maximum atomic E-state index is 14.3. The minimum atomic E-state index is -0.533. The predicted octanol–water partition coefficient (Wildman–Crippen LogP) is 4.60. The number of rotatable bonds is 5. The second-order valence-corrected chi connectivity index (χ2v) is 12.9. The summed E-state index contributed by atoms with van der Waals surface area (Å²) in [5.74, 6) is 0.723. The maximum Gasteiger partial charge on any atom is 0.410 e. The first-order chi connectivity index (χ1) is 18.9. The van der Waals surface area contributed by atoms with E-state index in [0.29, 0.717) is 30.5 Å². The van der Waals surface area contributed by atoms with Crippen molar-refractivity contribution in [1.29, 1.82) is 0 Å². The van der Waals surface area contributed by atoms with E-state index >= 15 is 0 Å². The first-order valence-corrected chi connectivity index (χ1v) is 14.5. The summed E-state index contributed by atoms with van der Waals surface area (Å²) in [7, 11) is 0. The number of aryl methyl sites for hydroxylation is 2. The molecule has 8 nitrogen and oxygen atoms in total. The van der Waals surface area contributed by atoms with E-state index in [4.69, 9.17) is 4.74 Å². The first kappa shape index (κ1) is 28.5. The summed E-state index contributed by atoms with van der Waals surface area (Å²) < 4.78 is 19.9. The number of hydrogen-bond donors (Lipinski definition) is 0. The lowest BCUT2D eigenvalue weighted by Gasteiger charge is -2.43. The van der Waals surface area contributed by atoms with Crippen molar-refractivity contribution in [3.63, 3.8) is 0 Å². The molecule has 2 unspecified atom stereocenters. The van der Waals surface area contributed by atoms with Crippen LogP contribution < -0.4 is 0 Å². The molecule has 3 saturated heterocycles. The van der Waals surface area contributed by atoms with Crippen LogP contribution in [0.15, 0.2) is 30.6 Å². The summed E-state index contributed by atoms with van der Waals surface area (Å²) in [5, 5.41) is 0. The number of amides is 2. The highest BCUT2D eigenvalue weighted by Crippen LogP contribution is 2.41. The molecule has 2 amide bonds. The van der Waals surface area contributed by atoms with Gasteiger partial charge < -0.3 is 19.4 Å². The van der Waals surface area contributed by atoms with Crippen LogP contribution in [0.25, 0.3) is 0 Å². The molecule has 40 heavy (non-hydrogen) atoms. The number of halogens is 1. The second kappa shape index (κ2) is 11.1. The molecule has 0 radical (unpaired) electrons. The van der Waals surface area contributed by atoms with Crippen LogP contribution in [-0.4, -0.2) is 88.1 Å². The van der Waals surface area contributed by atoms with Gasteiger partial charge in [0.15, 0.2) is 0 Å². The Morgan fingerprint density at radius 3 is 2.20 bits per heavy atom. The minimum absolute atomic E-state index is 0.0401. The zero-order valence-electron chi connectivity index (χ0n) is 24.5. The van der Waals surface area contributed by atoms with E-state index in [1.54, 1.807) is 17.0 Å². The smallest absolute Gasteiger partial charge is 0.410 e. The summed E-state index contributed by atoms with van der Waals surface area (Å²) in [6.07, 6.45) is 3.68. The lowest BCUT2D eigenvalue weighted by Crippen LogP contribution is -2.48. The number of carbonyl (C=O) groups excluding carboxylic acids is 2. The van der Waals surface area contributed by atoms with Crippen molar-refractivity contribution >= 4 is 12.0 Å². The molecule has 1 aromatic carbocycles. The molecule has 5 rings (SSSR count). The van der Waals surface area contributed by atoms with Crippen molar-refractivity contribution in [3.8, 4) is 0 Å². The van der Waals surface area contributed by atoms with Crippen LogP contribution in [0.5, 0.6) is 0 Å². The van der Waals surface area contributed by atoms with Gasteiger partial charge in [-0.1, -0.05) is 12.1 Å². The fourth-order valence-electron chi connectivity index (χ4n) is 6.82. The number of fused-ring (bicyclic) bond motifs is 1. The Bertz CT molecular complexity index is 1220. The minimum Gasteiger partial charge on any atom is -0.444 e. The largest absolute Gasteiger partial charge is 0.444 e. The Morgan fingerprint density at radius 1 is 1.00 bits per heavy atom. The Labute approximate surface area is 236 Å².